The SMILES string of the molecule is c1ccc(N(c2ccccc2)c2cccc3c2sc2c(N(c4ccccc4)c4ccc5c(c4)C4(c6ccccc6Sc6ccccc64)c4ccccc4-5)cccc23)cc1. The molecular formula is C55H36N2S2. The number of rotatable bonds is 6. The molecule has 0 saturated carbocycles. The summed E-state index contributed by atoms with van der Waals surface area (Å²) in [5.74, 6) is 0. The first-order valence-electron chi connectivity index (χ1n) is 20.1. The fourth-order valence-corrected chi connectivity index (χ4v) is 12.2. The molecule has 12 rings (SSSR count). The van der Waals surface area contributed by atoms with Crippen LogP contribution >= 0.6 is 23.1 Å². The average Bonchev–Trinajstić information content (AvgIpc) is 3.83. The molecule has 0 atom stereocenters. The maximum absolute atomic E-state index is 2.50. The summed E-state index contributed by atoms with van der Waals surface area (Å²) in [5.41, 5.74) is 14.4. The van der Waals surface area contributed by atoms with Crippen molar-refractivity contribution >= 4 is 77.4 Å². The third kappa shape index (κ3) is 5.13. The number of benzene rings is 9. The van der Waals surface area contributed by atoms with E-state index in [1.807, 2.05) is 23.1 Å². The van der Waals surface area contributed by atoms with Gasteiger partial charge in [-0.25, -0.2) is 0 Å². The first kappa shape index (κ1) is 34.2. The van der Waals surface area contributed by atoms with Crippen LogP contribution in [0.25, 0.3) is 31.3 Å². The molecule has 10 aromatic rings. The van der Waals surface area contributed by atoms with Crippen LogP contribution in [0.1, 0.15) is 22.3 Å². The largest absolute Gasteiger partial charge is 0.309 e. The molecule has 2 nitrogen and oxygen atoms in total. The number of hydrogen-bond donors (Lipinski definition) is 0. The van der Waals surface area contributed by atoms with Gasteiger partial charge < -0.3 is 9.80 Å². The molecule has 0 radical (unpaired) electrons. The Bertz CT molecular complexity index is 3120. The summed E-state index contributed by atoms with van der Waals surface area (Å²) >= 11 is 3.77. The van der Waals surface area contributed by atoms with Gasteiger partial charge in [-0.1, -0.05) is 157 Å². The molecular weight excluding hydrogens is 753 g/mol. The molecule has 0 bridgehead atoms. The van der Waals surface area contributed by atoms with E-state index in [1.165, 1.54) is 69.0 Å². The van der Waals surface area contributed by atoms with Crippen LogP contribution in [0.2, 0.25) is 0 Å². The number of anilines is 6. The lowest BCUT2D eigenvalue weighted by Crippen LogP contribution is -2.32. The van der Waals surface area contributed by atoms with Crippen LogP contribution in [0.5, 0.6) is 0 Å². The highest BCUT2D eigenvalue weighted by molar-refractivity contribution is 7.99. The summed E-state index contributed by atoms with van der Waals surface area (Å²) in [6.45, 7) is 0. The second-order valence-electron chi connectivity index (χ2n) is 15.2. The van der Waals surface area contributed by atoms with E-state index in [1.54, 1.807) is 0 Å². The van der Waals surface area contributed by atoms with E-state index < -0.39 is 5.41 Å². The first-order valence-corrected chi connectivity index (χ1v) is 21.7. The molecule has 1 aliphatic carbocycles. The van der Waals surface area contributed by atoms with Crippen LogP contribution in [0.4, 0.5) is 34.1 Å². The van der Waals surface area contributed by atoms with E-state index >= 15 is 0 Å². The fraction of sp³-hybridized carbons (Fsp3) is 0.0182. The average molecular weight is 789 g/mol. The van der Waals surface area contributed by atoms with Gasteiger partial charge in [-0.3, -0.25) is 0 Å². The second-order valence-corrected chi connectivity index (χ2v) is 17.3. The molecule has 0 fully saturated rings. The fourth-order valence-electron chi connectivity index (χ4n) is 9.71. The van der Waals surface area contributed by atoms with Crippen molar-refractivity contribution in [2.24, 2.45) is 0 Å². The molecule has 4 heteroatoms. The molecule has 2 aliphatic rings. The monoisotopic (exact) mass is 788 g/mol. The number of fused-ring (bicyclic) bond motifs is 12. The smallest absolute Gasteiger partial charge is 0.0736 e. The van der Waals surface area contributed by atoms with Crippen LogP contribution in [-0.2, 0) is 5.41 Å². The van der Waals surface area contributed by atoms with Gasteiger partial charge in [0.1, 0.15) is 0 Å². The van der Waals surface area contributed by atoms with Crippen LogP contribution in [0.15, 0.2) is 228 Å². The van der Waals surface area contributed by atoms with Crippen molar-refractivity contribution in [1.29, 1.82) is 0 Å². The Morgan fingerprint density at radius 2 is 0.763 bits per heavy atom. The summed E-state index contributed by atoms with van der Waals surface area (Å²) < 4.78 is 2.51. The minimum absolute atomic E-state index is 0.459. The van der Waals surface area contributed by atoms with E-state index in [9.17, 15) is 0 Å². The van der Waals surface area contributed by atoms with E-state index in [4.69, 9.17) is 0 Å². The van der Waals surface area contributed by atoms with Crippen LogP contribution in [0, 0.1) is 0 Å². The third-order valence-electron chi connectivity index (χ3n) is 12.1. The second kappa shape index (κ2) is 13.6. The van der Waals surface area contributed by atoms with Gasteiger partial charge in [-0.05, 0) is 106 Å². The van der Waals surface area contributed by atoms with Gasteiger partial charge in [0.25, 0.3) is 0 Å². The van der Waals surface area contributed by atoms with Gasteiger partial charge in [0.15, 0.2) is 0 Å². The Morgan fingerprint density at radius 3 is 1.31 bits per heavy atom. The highest BCUT2D eigenvalue weighted by Crippen LogP contribution is 2.63. The third-order valence-corrected chi connectivity index (χ3v) is 14.5. The van der Waals surface area contributed by atoms with Crippen LogP contribution in [0.3, 0.4) is 0 Å². The maximum Gasteiger partial charge on any atom is 0.0736 e. The lowest BCUT2D eigenvalue weighted by atomic mass is 9.67. The summed E-state index contributed by atoms with van der Waals surface area (Å²) in [4.78, 5) is 7.49. The molecule has 2 heterocycles. The lowest BCUT2D eigenvalue weighted by molar-refractivity contribution is 0.722. The molecule has 9 aromatic carbocycles. The summed E-state index contributed by atoms with van der Waals surface area (Å²) in [6, 6.07) is 80.3. The zero-order chi connectivity index (χ0) is 38.9. The van der Waals surface area contributed by atoms with Gasteiger partial charge in [0.05, 0.1) is 26.2 Å². The van der Waals surface area contributed by atoms with Crippen LogP contribution < -0.4 is 9.80 Å². The maximum atomic E-state index is 2.50. The van der Waals surface area contributed by atoms with Crippen molar-refractivity contribution in [3.05, 3.63) is 241 Å². The first-order chi connectivity index (χ1) is 29.3. The summed E-state index contributed by atoms with van der Waals surface area (Å²) in [7, 11) is 0. The number of thiophene rings is 1. The summed E-state index contributed by atoms with van der Waals surface area (Å²) in [6.07, 6.45) is 0. The van der Waals surface area contributed by atoms with Crippen LogP contribution in [-0.4, -0.2) is 0 Å². The standard InChI is InChI=1S/C55H36N2S2/c1-4-18-37(19-5-1)56(38-20-6-2-7-21-38)49-30-16-25-43-44-26-17-31-50(54(44)59-53(43)49)57(39-22-8-3-9-23-39)40-34-35-42-41-24-10-11-27-45(41)55(48(42)36-40)46-28-12-14-32-51(46)58-52-33-15-13-29-47(52)55/h1-36H. The van der Waals surface area contributed by atoms with Crippen molar-refractivity contribution < 1.29 is 0 Å². The van der Waals surface area contributed by atoms with Gasteiger partial charge >= 0.3 is 0 Å². The van der Waals surface area contributed by atoms with E-state index in [0.717, 1.165) is 28.4 Å². The normalized spacial score (nSPS) is 13.2. The molecule has 1 aromatic heterocycles. The predicted octanol–water partition coefficient (Wildman–Crippen LogP) is 15.8. The number of nitrogens with zero attached hydrogens (tertiary/aromatic N) is 2. The minimum atomic E-state index is -0.459. The predicted molar refractivity (Wildman–Crippen MR) is 250 cm³/mol. The highest BCUT2D eigenvalue weighted by atomic mass is 32.2. The minimum Gasteiger partial charge on any atom is -0.309 e. The van der Waals surface area contributed by atoms with Gasteiger partial charge in [0, 0.05) is 43.3 Å². The molecule has 1 aliphatic heterocycles. The topological polar surface area (TPSA) is 6.48 Å². The van der Waals surface area contributed by atoms with E-state index in [2.05, 4.69) is 228 Å². The zero-order valence-corrected chi connectivity index (χ0v) is 33.6. The Labute approximate surface area is 352 Å². The molecule has 59 heavy (non-hydrogen) atoms. The van der Waals surface area contributed by atoms with Crippen molar-refractivity contribution in [2.75, 3.05) is 9.80 Å². The molecule has 0 unspecified atom stereocenters. The molecule has 1 spiro atoms. The van der Waals surface area contributed by atoms with Gasteiger partial charge in [-0.15, -0.1) is 11.3 Å². The van der Waals surface area contributed by atoms with E-state index in [-0.39, 0.29) is 0 Å². The molecule has 0 N–H and O–H groups in total. The Kier molecular flexibility index (Phi) is 7.90. The van der Waals surface area contributed by atoms with Gasteiger partial charge in [-0.2, -0.15) is 0 Å². The van der Waals surface area contributed by atoms with E-state index in [0.29, 0.717) is 0 Å². The Hall–Kier alpha value is -6.85. The quantitative estimate of drug-likeness (QED) is 0.166. The highest BCUT2D eigenvalue weighted by Gasteiger charge is 2.50. The van der Waals surface area contributed by atoms with Crippen molar-refractivity contribution in [2.45, 2.75) is 15.2 Å². The van der Waals surface area contributed by atoms with Crippen molar-refractivity contribution in [1.82, 2.24) is 0 Å². The Morgan fingerprint density at radius 1 is 0.322 bits per heavy atom. The molecule has 0 amide bonds. The van der Waals surface area contributed by atoms with Crippen molar-refractivity contribution in [3.8, 4) is 11.1 Å². The molecule has 0 saturated heterocycles. The number of hydrogen-bond acceptors (Lipinski definition) is 4. The zero-order valence-electron chi connectivity index (χ0n) is 32.0. The summed E-state index contributed by atoms with van der Waals surface area (Å²) in [5, 5.41) is 2.51. The van der Waals surface area contributed by atoms with Crippen molar-refractivity contribution in [3.63, 3.8) is 0 Å². The Balaban J connectivity index is 1.11. The lowest BCUT2D eigenvalue weighted by Gasteiger charge is -2.40. The molecule has 278 valence electrons. The van der Waals surface area contributed by atoms with Gasteiger partial charge in [0.2, 0.25) is 0 Å². The number of para-hydroxylation sites is 3.